The SMILES string of the molecule is C/C1=C2\C=CC=CC2C(C)CCCCCC1. The van der Waals surface area contributed by atoms with Crippen LogP contribution in [-0.2, 0) is 0 Å². The predicted octanol–water partition coefficient (Wildman–Crippen LogP) is 5.04. The van der Waals surface area contributed by atoms with Crippen LogP contribution in [0.4, 0.5) is 0 Å². The largest absolute Gasteiger partial charge is 0.0767 e. The van der Waals surface area contributed by atoms with Crippen LogP contribution < -0.4 is 0 Å². The van der Waals surface area contributed by atoms with Crippen LogP contribution in [0.15, 0.2) is 35.5 Å². The van der Waals surface area contributed by atoms with Crippen molar-refractivity contribution in [3.05, 3.63) is 35.5 Å². The molecule has 16 heavy (non-hydrogen) atoms. The minimum absolute atomic E-state index is 0.683. The molecule has 2 atom stereocenters. The summed E-state index contributed by atoms with van der Waals surface area (Å²) in [5, 5.41) is 0. The molecule has 0 spiro atoms. The molecule has 2 rings (SSSR count). The Morgan fingerprint density at radius 3 is 2.75 bits per heavy atom. The van der Waals surface area contributed by atoms with Crippen molar-refractivity contribution in [1.82, 2.24) is 0 Å². The van der Waals surface area contributed by atoms with Gasteiger partial charge in [-0.25, -0.2) is 0 Å². The molecule has 0 N–H and O–H groups in total. The summed E-state index contributed by atoms with van der Waals surface area (Å²) in [6, 6.07) is 0. The standard InChI is InChI=1S/C16H24/c1-13-9-5-3-4-6-10-14(2)16-12-8-7-11-15(13)16/h7-8,11-13,15H,3-6,9-10H2,1-2H3/b16-14-. The maximum absolute atomic E-state index is 2.42. The number of fused-ring (bicyclic) bond motifs is 1. The fourth-order valence-electron chi connectivity index (χ4n) is 3.01. The van der Waals surface area contributed by atoms with Gasteiger partial charge in [0.2, 0.25) is 0 Å². The number of hydrogen-bond acceptors (Lipinski definition) is 0. The van der Waals surface area contributed by atoms with Crippen LogP contribution in [0.1, 0.15) is 52.4 Å². The van der Waals surface area contributed by atoms with Crippen molar-refractivity contribution in [2.75, 3.05) is 0 Å². The first-order valence-electron chi connectivity index (χ1n) is 6.83. The Balaban J connectivity index is 2.24. The summed E-state index contributed by atoms with van der Waals surface area (Å²) in [6.07, 6.45) is 17.5. The third-order valence-electron chi connectivity index (χ3n) is 4.13. The number of hydrogen-bond donors (Lipinski definition) is 0. The summed E-state index contributed by atoms with van der Waals surface area (Å²) >= 11 is 0. The van der Waals surface area contributed by atoms with Crippen molar-refractivity contribution in [3.63, 3.8) is 0 Å². The summed E-state index contributed by atoms with van der Waals surface area (Å²) in [7, 11) is 0. The Labute approximate surface area is 100 Å². The number of allylic oxidation sites excluding steroid dienone is 6. The van der Waals surface area contributed by atoms with Gasteiger partial charge in [-0.2, -0.15) is 0 Å². The van der Waals surface area contributed by atoms with Crippen LogP contribution in [0, 0.1) is 11.8 Å². The smallest absolute Gasteiger partial charge is 0.00461 e. The summed E-state index contributed by atoms with van der Waals surface area (Å²) < 4.78 is 0. The summed E-state index contributed by atoms with van der Waals surface area (Å²) in [6.45, 7) is 4.75. The van der Waals surface area contributed by atoms with E-state index in [2.05, 4.69) is 38.2 Å². The van der Waals surface area contributed by atoms with Gasteiger partial charge in [0.1, 0.15) is 0 Å². The molecule has 0 aliphatic heterocycles. The normalized spacial score (nSPS) is 35.9. The van der Waals surface area contributed by atoms with Gasteiger partial charge in [0.05, 0.1) is 0 Å². The second kappa shape index (κ2) is 5.52. The topological polar surface area (TPSA) is 0 Å². The molecule has 0 radical (unpaired) electrons. The fraction of sp³-hybridized carbons (Fsp3) is 0.625. The fourth-order valence-corrected chi connectivity index (χ4v) is 3.01. The monoisotopic (exact) mass is 216 g/mol. The predicted molar refractivity (Wildman–Crippen MR) is 71.3 cm³/mol. The molecule has 0 fully saturated rings. The molecule has 88 valence electrons. The molecule has 0 saturated carbocycles. The maximum atomic E-state index is 2.42. The van der Waals surface area contributed by atoms with Gasteiger partial charge < -0.3 is 0 Å². The van der Waals surface area contributed by atoms with Crippen molar-refractivity contribution in [3.8, 4) is 0 Å². The van der Waals surface area contributed by atoms with E-state index >= 15 is 0 Å². The average Bonchev–Trinajstić information content (AvgIpc) is 2.32. The first-order valence-corrected chi connectivity index (χ1v) is 6.83. The molecule has 0 aromatic rings. The van der Waals surface area contributed by atoms with Crippen LogP contribution in [-0.4, -0.2) is 0 Å². The van der Waals surface area contributed by atoms with Crippen molar-refractivity contribution >= 4 is 0 Å². The molecule has 0 amide bonds. The van der Waals surface area contributed by atoms with E-state index in [0.29, 0.717) is 5.92 Å². The second-order valence-electron chi connectivity index (χ2n) is 5.44. The average molecular weight is 216 g/mol. The summed E-state index contributed by atoms with van der Waals surface area (Å²) in [5.41, 5.74) is 3.23. The lowest BCUT2D eigenvalue weighted by Gasteiger charge is -2.27. The molecule has 0 heteroatoms. The highest BCUT2D eigenvalue weighted by molar-refractivity contribution is 5.36. The van der Waals surface area contributed by atoms with E-state index in [9.17, 15) is 0 Å². The molecule has 0 bridgehead atoms. The van der Waals surface area contributed by atoms with E-state index in [0.717, 1.165) is 5.92 Å². The van der Waals surface area contributed by atoms with E-state index in [1.165, 1.54) is 38.5 Å². The molecular formula is C16H24. The van der Waals surface area contributed by atoms with Crippen LogP contribution in [0.5, 0.6) is 0 Å². The van der Waals surface area contributed by atoms with Gasteiger partial charge in [-0.05, 0) is 37.7 Å². The van der Waals surface area contributed by atoms with E-state index in [-0.39, 0.29) is 0 Å². The molecule has 0 saturated heterocycles. The van der Waals surface area contributed by atoms with Crippen molar-refractivity contribution in [2.24, 2.45) is 11.8 Å². The molecule has 2 aliphatic rings. The van der Waals surface area contributed by atoms with Crippen molar-refractivity contribution in [1.29, 1.82) is 0 Å². The van der Waals surface area contributed by atoms with E-state index in [1.807, 2.05) is 0 Å². The zero-order chi connectivity index (χ0) is 11.4. The highest BCUT2D eigenvalue weighted by Gasteiger charge is 2.20. The Morgan fingerprint density at radius 1 is 1.06 bits per heavy atom. The molecular weight excluding hydrogens is 192 g/mol. The quantitative estimate of drug-likeness (QED) is 0.532. The Kier molecular flexibility index (Phi) is 4.04. The van der Waals surface area contributed by atoms with Crippen molar-refractivity contribution < 1.29 is 0 Å². The highest BCUT2D eigenvalue weighted by atomic mass is 14.3. The van der Waals surface area contributed by atoms with Crippen LogP contribution in [0.25, 0.3) is 0 Å². The molecule has 2 aliphatic carbocycles. The molecule has 0 nitrogen and oxygen atoms in total. The van der Waals surface area contributed by atoms with Gasteiger partial charge in [0.15, 0.2) is 0 Å². The lowest BCUT2D eigenvalue weighted by Crippen LogP contribution is -2.15. The Morgan fingerprint density at radius 2 is 1.88 bits per heavy atom. The summed E-state index contributed by atoms with van der Waals surface area (Å²) in [5.74, 6) is 1.49. The van der Waals surface area contributed by atoms with Crippen LogP contribution in [0.2, 0.25) is 0 Å². The molecule has 0 aromatic carbocycles. The van der Waals surface area contributed by atoms with Gasteiger partial charge in [0.25, 0.3) is 0 Å². The third kappa shape index (κ3) is 2.66. The van der Waals surface area contributed by atoms with Crippen LogP contribution >= 0.6 is 0 Å². The minimum atomic E-state index is 0.683. The zero-order valence-electron chi connectivity index (χ0n) is 10.7. The second-order valence-corrected chi connectivity index (χ2v) is 5.44. The first kappa shape index (κ1) is 11.7. The Hall–Kier alpha value is -0.780. The van der Waals surface area contributed by atoms with Gasteiger partial charge in [0, 0.05) is 5.92 Å². The lowest BCUT2D eigenvalue weighted by molar-refractivity contribution is 0.414. The first-order chi connectivity index (χ1) is 7.79. The molecule has 0 heterocycles. The zero-order valence-corrected chi connectivity index (χ0v) is 10.7. The maximum Gasteiger partial charge on any atom is 0.00461 e. The third-order valence-corrected chi connectivity index (χ3v) is 4.13. The minimum Gasteiger partial charge on any atom is -0.0767 e. The van der Waals surface area contributed by atoms with Crippen LogP contribution in [0.3, 0.4) is 0 Å². The van der Waals surface area contributed by atoms with Gasteiger partial charge in [-0.15, -0.1) is 0 Å². The van der Waals surface area contributed by atoms with E-state index < -0.39 is 0 Å². The van der Waals surface area contributed by atoms with Crippen molar-refractivity contribution in [2.45, 2.75) is 52.4 Å². The van der Waals surface area contributed by atoms with E-state index in [1.54, 1.807) is 11.1 Å². The lowest BCUT2D eigenvalue weighted by atomic mass is 9.78. The van der Waals surface area contributed by atoms with Gasteiger partial charge in [-0.1, -0.05) is 56.1 Å². The molecule has 2 unspecified atom stereocenters. The highest BCUT2D eigenvalue weighted by Crippen LogP contribution is 2.34. The summed E-state index contributed by atoms with van der Waals surface area (Å²) in [4.78, 5) is 0. The molecule has 0 aromatic heterocycles. The van der Waals surface area contributed by atoms with E-state index in [4.69, 9.17) is 0 Å². The van der Waals surface area contributed by atoms with Gasteiger partial charge >= 0.3 is 0 Å². The van der Waals surface area contributed by atoms with Gasteiger partial charge in [-0.3, -0.25) is 0 Å². The number of rotatable bonds is 0. The Bertz CT molecular complexity index is 317.